The number of sulfone groups is 1. The van der Waals surface area contributed by atoms with Crippen LogP contribution in [0.3, 0.4) is 0 Å². The second-order valence-corrected chi connectivity index (χ2v) is 17.8. The number of hydrogen-bond acceptors (Lipinski definition) is 8. The van der Waals surface area contributed by atoms with Gasteiger partial charge in [0.2, 0.25) is 10.0 Å². The van der Waals surface area contributed by atoms with Crippen LogP contribution in [0.15, 0.2) is 76.6 Å². The van der Waals surface area contributed by atoms with Gasteiger partial charge in [-0.2, -0.15) is 4.31 Å². The molecule has 2 saturated heterocycles. The summed E-state index contributed by atoms with van der Waals surface area (Å²) < 4.78 is 58.5. The Hall–Kier alpha value is -3.20. The van der Waals surface area contributed by atoms with Gasteiger partial charge in [-0.1, -0.05) is 47.5 Å². The molecule has 0 aromatic heterocycles. The first-order chi connectivity index (χ1) is 24.3. The fraction of sp³-hybridized carbons (Fsp3) is 0.444. The van der Waals surface area contributed by atoms with E-state index in [9.17, 15) is 21.6 Å². The average molecular weight is 779 g/mol. The molecule has 2 fully saturated rings. The first kappa shape index (κ1) is 39.0. The van der Waals surface area contributed by atoms with Gasteiger partial charge >= 0.3 is 6.03 Å². The third-order valence-electron chi connectivity index (χ3n) is 8.89. The molecule has 0 bridgehead atoms. The van der Waals surface area contributed by atoms with Crippen LogP contribution >= 0.6 is 23.2 Å². The topological polar surface area (TPSA) is 120 Å². The van der Waals surface area contributed by atoms with Crippen molar-refractivity contribution in [1.82, 2.24) is 19.0 Å². The first-order valence-electron chi connectivity index (χ1n) is 17.1. The molecule has 0 radical (unpaired) electrons. The predicted molar refractivity (Wildman–Crippen MR) is 202 cm³/mol. The lowest BCUT2D eigenvalue weighted by Crippen LogP contribution is -2.54. The molecule has 0 atom stereocenters. The Morgan fingerprint density at radius 1 is 0.843 bits per heavy atom. The predicted octanol–water partition coefficient (Wildman–Crippen LogP) is 5.80. The molecule has 15 heteroatoms. The van der Waals surface area contributed by atoms with E-state index in [4.69, 9.17) is 32.9 Å². The van der Waals surface area contributed by atoms with Crippen molar-refractivity contribution in [2.75, 3.05) is 64.4 Å². The van der Waals surface area contributed by atoms with E-state index >= 15 is 0 Å². The van der Waals surface area contributed by atoms with E-state index in [-0.39, 0.29) is 35.6 Å². The van der Waals surface area contributed by atoms with Gasteiger partial charge in [0, 0.05) is 55.6 Å². The van der Waals surface area contributed by atoms with Crippen molar-refractivity contribution < 1.29 is 26.4 Å². The summed E-state index contributed by atoms with van der Waals surface area (Å²) in [6.45, 7) is 5.96. The van der Waals surface area contributed by atoms with Gasteiger partial charge in [-0.05, 0) is 86.3 Å². The Kier molecular flexibility index (Phi) is 13.4. The standard InChI is InChI=1S/C36H45Cl2N5O6S2/c1-3-49-34-16-15-32(51(47,48)42-18-4-5-19-42)25-33(34)35(39-26-28-7-11-30(37)12-8-28)43(27-29-9-13-31(38)14-10-29)36(44)41-22-20-40(21-23-41)17-6-24-50(2,45)46/h7-16,25H,3-6,17-24,26-27H2,1-2H3. The lowest BCUT2D eigenvalue weighted by atomic mass is 10.1. The molecule has 5 rings (SSSR count). The van der Waals surface area contributed by atoms with Crippen molar-refractivity contribution in [2.45, 2.75) is 44.2 Å². The molecule has 0 saturated carbocycles. The molecule has 11 nitrogen and oxygen atoms in total. The van der Waals surface area contributed by atoms with Gasteiger partial charge in [-0.25, -0.2) is 21.6 Å². The van der Waals surface area contributed by atoms with Gasteiger partial charge in [0.15, 0.2) is 0 Å². The maximum atomic E-state index is 14.7. The molecule has 2 aliphatic rings. The number of aliphatic imine (C=N–C) groups is 1. The van der Waals surface area contributed by atoms with Crippen LogP contribution in [0.4, 0.5) is 4.79 Å². The number of amides is 2. The zero-order valence-electron chi connectivity index (χ0n) is 29.0. The van der Waals surface area contributed by atoms with E-state index in [2.05, 4.69) is 4.90 Å². The molecule has 2 aliphatic heterocycles. The highest BCUT2D eigenvalue weighted by molar-refractivity contribution is 7.90. The lowest BCUT2D eigenvalue weighted by Gasteiger charge is -2.38. The number of carbonyl (C=O) groups is 1. The normalized spacial score (nSPS) is 16.4. The van der Waals surface area contributed by atoms with Crippen molar-refractivity contribution in [1.29, 1.82) is 0 Å². The number of sulfonamides is 1. The minimum Gasteiger partial charge on any atom is -0.493 e. The SMILES string of the molecule is CCOc1ccc(S(=O)(=O)N2CCCC2)cc1C(=NCc1ccc(Cl)cc1)N(Cc1ccc(Cl)cc1)C(=O)N1CCN(CCCS(C)(=O)=O)CC1. The number of halogens is 2. The highest BCUT2D eigenvalue weighted by Crippen LogP contribution is 2.30. The molecule has 2 heterocycles. The zero-order chi connectivity index (χ0) is 36.6. The van der Waals surface area contributed by atoms with Crippen LogP contribution < -0.4 is 4.74 Å². The maximum absolute atomic E-state index is 14.7. The smallest absolute Gasteiger partial charge is 0.326 e. The fourth-order valence-electron chi connectivity index (χ4n) is 6.16. The first-order valence-corrected chi connectivity index (χ1v) is 21.4. The van der Waals surface area contributed by atoms with Crippen LogP contribution in [-0.2, 0) is 33.0 Å². The third kappa shape index (κ3) is 10.7. The number of rotatable bonds is 13. The number of amidine groups is 1. The number of carbonyl (C=O) groups excluding carboxylic acids is 1. The maximum Gasteiger partial charge on any atom is 0.326 e. The van der Waals surface area contributed by atoms with Gasteiger partial charge in [-0.3, -0.25) is 14.8 Å². The summed E-state index contributed by atoms with van der Waals surface area (Å²) >= 11 is 12.4. The molecule has 0 unspecified atom stereocenters. The Bertz CT molecular complexity index is 1890. The van der Waals surface area contributed by atoms with Gasteiger partial charge in [0.05, 0.1) is 35.9 Å². The number of benzene rings is 3. The summed E-state index contributed by atoms with van der Waals surface area (Å²) in [7, 11) is -6.87. The minimum atomic E-state index is -3.82. The molecule has 0 aliphatic carbocycles. The summed E-state index contributed by atoms with van der Waals surface area (Å²) in [5.41, 5.74) is 2.02. The fourth-order valence-corrected chi connectivity index (χ4v) is 8.61. The highest BCUT2D eigenvalue weighted by atomic mass is 35.5. The van der Waals surface area contributed by atoms with E-state index in [0.29, 0.717) is 80.2 Å². The molecule has 276 valence electrons. The number of piperazine rings is 1. The summed E-state index contributed by atoms with van der Waals surface area (Å²) in [5, 5.41) is 1.13. The van der Waals surface area contributed by atoms with E-state index < -0.39 is 19.9 Å². The van der Waals surface area contributed by atoms with Crippen molar-refractivity contribution in [3.05, 3.63) is 93.5 Å². The van der Waals surface area contributed by atoms with E-state index in [0.717, 1.165) is 24.0 Å². The lowest BCUT2D eigenvalue weighted by molar-refractivity contribution is 0.125. The molecular weight excluding hydrogens is 733 g/mol. The van der Waals surface area contributed by atoms with Crippen molar-refractivity contribution in [3.63, 3.8) is 0 Å². The Labute approximate surface area is 311 Å². The van der Waals surface area contributed by atoms with Gasteiger partial charge < -0.3 is 9.64 Å². The van der Waals surface area contributed by atoms with Gasteiger partial charge in [0.1, 0.15) is 21.4 Å². The number of ether oxygens (including phenoxy) is 1. The summed E-state index contributed by atoms with van der Waals surface area (Å²) in [5.74, 6) is 0.781. The summed E-state index contributed by atoms with van der Waals surface area (Å²) in [6, 6.07) is 18.9. The van der Waals surface area contributed by atoms with Gasteiger partial charge in [0.25, 0.3) is 0 Å². The molecule has 51 heavy (non-hydrogen) atoms. The molecule has 2 amide bonds. The van der Waals surface area contributed by atoms with E-state index in [1.807, 2.05) is 31.2 Å². The second-order valence-electron chi connectivity index (χ2n) is 12.8. The van der Waals surface area contributed by atoms with Crippen LogP contribution in [0.5, 0.6) is 5.75 Å². The molecule has 3 aromatic carbocycles. The van der Waals surface area contributed by atoms with Crippen LogP contribution in [0, 0.1) is 0 Å². The number of nitrogens with zero attached hydrogens (tertiary/aromatic N) is 5. The largest absolute Gasteiger partial charge is 0.493 e. The Morgan fingerprint density at radius 2 is 1.45 bits per heavy atom. The highest BCUT2D eigenvalue weighted by Gasteiger charge is 2.33. The third-order valence-corrected chi connectivity index (χ3v) is 12.3. The summed E-state index contributed by atoms with van der Waals surface area (Å²) in [4.78, 5) is 25.4. The molecular formula is C36H45Cl2N5O6S2. The summed E-state index contributed by atoms with van der Waals surface area (Å²) in [6.07, 6.45) is 3.35. The van der Waals surface area contributed by atoms with Crippen molar-refractivity contribution in [2.24, 2.45) is 4.99 Å². The van der Waals surface area contributed by atoms with Crippen LogP contribution in [0.2, 0.25) is 10.0 Å². The van der Waals surface area contributed by atoms with Gasteiger partial charge in [-0.15, -0.1) is 0 Å². The monoisotopic (exact) mass is 777 g/mol. The van der Waals surface area contributed by atoms with E-state index in [1.54, 1.807) is 52.3 Å². The van der Waals surface area contributed by atoms with Crippen LogP contribution in [0.1, 0.15) is 42.9 Å². The average Bonchev–Trinajstić information content (AvgIpc) is 3.66. The number of urea groups is 1. The van der Waals surface area contributed by atoms with Crippen molar-refractivity contribution >= 4 is 54.9 Å². The quantitative estimate of drug-likeness (QED) is 0.159. The number of hydrogen-bond donors (Lipinski definition) is 0. The zero-order valence-corrected chi connectivity index (χ0v) is 32.2. The Morgan fingerprint density at radius 3 is 2.04 bits per heavy atom. The molecule has 3 aromatic rings. The molecule has 0 N–H and O–H groups in total. The van der Waals surface area contributed by atoms with Crippen LogP contribution in [-0.4, -0.2) is 112 Å². The molecule has 0 spiro atoms. The Balaban J connectivity index is 1.56. The van der Waals surface area contributed by atoms with Crippen molar-refractivity contribution in [3.8, 4) is 5.75 Å². The second kappa shape index (κ2) is 17.5. The minimum absolute atomic E-state index is 0.101. The van der Waals surface area contributed by atoms with E-state index in [1.165, 1.54) is 10.6 Å². The van der Waals surface area contributed by atoms with Crippen LogP contribution in [0.25, 0.3) is 0 Å².